The van der Waals surface area contributed by atoms with Crippen molar-refractivity contribution >= 4 is 11.6 Å². The first-order chi connectivity index (χ1) is 9.68. The Bertz CT molecular complexity index is 500. The van der Waals surface area contributed by atoms with Crippen molar-refractivity contribution in [3.8, 4) is 0 Å². The van der Waals surface area contributed by atoms with Crippen molar-refractivity contribution < 1.29 is 4.79 Å². The van der Waals surface area contributed by atoms with Crippen LogP contribution in [0.1, 0.15) is 44.6 Å². The largest absolute Gasteiger partial charge is 0.327 e. The molecule has 0 saturated heterocycles. The van der Waals surface area contributed by atoms with Gasteiger partial charge in [0.1, 0.15) is 0 Å². The number of rotatable bonds is 1. The summed E-state index contributed by atoms with van der Waals surface area (Å²) in [5.74, 6) is 0.259. The van der Waals surface area contributed by atoms with E-state index in [9.17, 15) is 4.79 Å². The number of hydrogen-bond donors (Lipinski definition) is 1. The molecule has 1 aliphatic heterocycles. The predicted octanol–water partition coefficient (Wildman–Crippen LogP) is 2.87. The van der Waals surface area contributed by atoms with Gasteiger partial charge in [-0.25, -0.2) is 0 Å². The number of nitrogens with two attached hydrogens (primary N) is 1. The van der Waals surface area contributed by atoms with Crippen LogP contribution in [0.15, 0.2) is 24.3 Å². The van der Waals surface area contributed by atoms with E-state index in [2.05, 4.69) is 25.1 Å². The predicted molar refractivity (Wildman–Crippen MR) is 81.6 cm³/mol. The molecule has 1 aromatic rings. The summed E-state index contributed by atoms with van der Waals surface area (Å²) in [7, 11) is 0. The Labute approximate surface area is 121 Å². The second-order valence-electron chi connectivity index (χ2n) is 6.28. The molecule has 1 heterocycles. The zero-order valence-corrected chi connectivity index (χ0v) is 12.2. The minimum absolute atomic E-state index is 0.0114. The van der Waals surface area contributed by atoms with Crippen molar-refractivity contribution in [1.82, 2.24) is 0 Å². The third kappa shape index (κ3) is 2.35. The molecule has 0 bridgehead atoms. The maximum Gasteiger partial charge on any atom is 0.231 e. The van der Waals surface area contributed by atoms with Crippen LogP contribution in [0.5, 0.6) is 0 Å². The van der Waals surface area contributed by atoms with Crippen LogP contribution in [-0.2, 0) is 11.2 Å². The first kappa shape index (κ1) is 13.6. The number of carbonyl (C=O) groups excluding carboxylic acids is 1. The Morgan fingerprint density at radius 2 is 1.95 bits per heavy atom. The Kier molecular flexibility index (Phi) is 3.79. The molecule has 20 heavy (non-hydrogen) atoms. The van der Waals surface area contributed by atoms with E-state index in [1.165, 1.54) is 5.56 Å². The van der Waals surface area contributed by atoms with Crippen molar-refractivity contribution in [2.75, 3.05) is 4.90 Å². The molecule has 3 heteroatoms. The van der Waals surface area contributed by atoms with Crippen LogP contribution >= 0.6 is 0 Å². The lowest BCUT2D eigenvalue weighted by Crippen LogP contribution is -2.50. The van der Waals surface area contributed by atoms with Gasteiger partial charge in [-0.15, -0.1) is 0 Å². The Balaban J connectivity index is 1.90. The van der Waals surface area contributed by atoms with Crippen molar-refractivity contribution in [3.05, 3.63) is 29.8 Å². The summed E-state index contributed by atoms with van der Waals surface area (Å²) in [6, 6.07) is 8.63. The van der Waals surface area contributed by atoms with E-state index in [1.807, 2.05) is 11.0 Å². The summed E-state index contributed by atoms with van der Waals surface area (Å²) in [5, 5.41) is 0. The molecular weight excluding hydrogens is 248 g/mol. The molecule has 1 fully saturated rings. The van der Waals surface area contributed by atoms with Crippen molar-refractivity contribution in [3.63, 3.8) is 0 Å². The number of amides is 1. The van der Waals surface area contributed by atoms with Gasteiger partial charge < -0.3 is 10.6 Å². The zero-order valence-electron chi connectivity index (χ0n) is 12.2. The number of anilines is 1. The van der Waals surface area contributed by atoms with E-state index in [-0.39, 0.29) is 23.9 Å². The summed E-state index contributed by atoms with van der Waals surface area (Å²) in [6.45, 7) is 2.15. The average Bonchev–Trinajstić information content (AvgIpc) is 2.47. The van der Waals surface area contributed by atoms with Gasteiger partial charge in [0.25, 0.3) is 0 Å². The molecule has 108 valence electrons. The standard InChI is InChI=1S/C17H24N2O/c1-12-10-11-13-6-2-5-9-16(13)19(12)17(20)14-7-3-4-8-15(14)18/h2,5-6,9,12,14-15H,3-4,7-8,10-11,18H2,1H3. The van der Waals surface area contributed by atoms with Crippen LogP contribution < -0.4 is 10.6 Å². The number of carbonyl (C=O) groups is 1. The summed E-state index contributed by atoms with van der Waals surface area (Å²) in [6.07, 6.45) is 6.35. The highest BCUT2D eigenvalue weighted by atomic mass is 16.2. The summed E-state index contributed by atoms with van der Waals surface area (Å²) in [5.41, 5.74) is 8.60. The van der Waals surface area contributed by atoms with Crippen LogP contribution in [0.25, 0.3) is 0 Å². The first-order valence-corrected chi connectivity index (χ1v) is 7.85. The van der Waals surface area contributed by atoms with Gasteiger partial charge in [-0.1, -0.05) is 31.0 Å². The third-order valence-electron chi connectivity index (χ3n) is 4.90. The van der Waals surface area contributed by atoms with Crippen LogP contribution in [0, 0.1) is 5.92 Å². The molecule has 3 unspecified atom stereocenters. The van der Waals surface area contributed by atoms with Crippen LogP contribution in [-0.4, -0.2) is 18.0 Å². The summed E-state index contributed by atoms with van der Waals surface area (Å²) in [4.78, 5) is 15.0. The molecule has 2 N–H and O–H groups in total. The van der Waals surface area contributed by atoms with E-state index >= 15 is 0 Å². The second-order valence-corrected chi connectivity index (χ2v) is 6.28. The lowest BCUT2D eigenvalue weighted by atomic mass is 9.83. The molecule has 1 aliphatic carbocycles. The Morgan fingerprint density at radius 1 is 1.20 bits per heavy atom. The second kappa shape index (κ2) is 5.57. The van der Waals surface area contributed by atoms with E-state index in [0.717, 1.165) is 44.2 Å². The highest BCUT2D eigenvalue weighted by Gasteiger charge is 2.36. The van der Waals surface area contributed by atoms with E-state index in [0.29, 0.717) is 0 Å². The number of para-hydroxylation sites is 1. The fourth-order valence-corrected chi connectivity index (χ4v) is 3.67. The van der Waals surface area contributed by atoms with Gasteiger partial charge in [-0.3, -0.25) is 4.79 Å². The molecule has 3 rings (SSSR count). The van der Waals surface area contributed by atoms with Gasteiger partial charge in [-0.2, -0.15) is 0 Å². The van der Waals surface area contributed by atoms with Crippen molar-refractivity contribution in [2.24, 2.45) is 11.7 Å². The Hall–Kier alpha value is -1.35. The topological polar surface area (TPSA) is 46.3 Å². The molecule has 0 spiro atoms. The van der Waals surface area contributed by atoms with Gasteiger partial charge in [-0.05, 0) is 44.2 Å². The number of aryl methyl sites for hydroxylation is 1. The lowest BCUT2D eigenvalue weighted by molar-refractivity contribution is -0.124. The van der Waals surface area contributed by atoms with Gasteiger partial charge >= 0.3 is 0 Å². The van der Waals surface area contributed by atoms with E-state index < -0.39 is 0 Å². The molecule has 3 atom stereocenters. The highest BCUT2D eigenvalue weighted by Crippen LogP contribution is 2.34. The number of nitrogens with zero attached hydrogens (tertiary/aromatic N) is 1. The number of fused-ring (bicyclic) bond motifs is 1. The maximum absolute atomic E-state index is 13.0. The fourth-order valence-electron chi connectivity index (χ4n) is 3.67. The van der Waals surface area contributed by atoms with E-state index in [1.54, 1.807) is 0 Å². The van der Waals surface area contributed by atoms with Gasteiger partial charge in [0.2, 0.25) is 5.91 Å². The minimum atomic E-state index is 0.0114. The summed E-state index contributed by atoms with van der Waals surface area (Å²) < 4.78 is 0. The van der Waals surface area contributed by atoms with Crippen molar-refractivity contribution in [2.45, 2.75) is 57.5 Å². The van der Waals surface area contributed by atoms with E-state index in [4.69, 9.17) is 5.73 Å². The average molecular weight is 272 g/mol. The van der Waals surface area contributed by atoms with Gasteiger partial charge in [0.15, 0.2) is 0 Å². The number of hydrogen-bond acceptors (Lipinski definition) is 2. The SMILES string of the molecule is CC1CCc2ccccc2N1C(=O)C1CCCCC1N. The molecule has 1 saturated carbocycles. The van der Waals surface area contributed by atoms with Gasteiger partial charge in [0.05, 0.1) is 5.92 Å². The minimum Gasteiger partial charge on any atom is -0.327 e. The van der Waals surface area contributed by atoms with Gasteiger partial charge in [0, 0.05) is 17.8 Å². The smallest absolute Gasteiger partial charge is 0.231 e. The van der Waals surface area contributed by atoms with Crippen LogP contribution in [0.3, 0.4) is 0 Å². The highest BCUT2D eigenvalue weighted by molar-refractivity contribution is 5.97. The zero-order chi connectivity index (χ0) is 14.1. The van der Waals surface area contributed by atoms with Crippen molar-refractivity contribution in [1.29, 1.82) is 0 Å². The molecule has 0 radical (unpaired) electrons. The molecule has 2 aliphatic rings. The Morgan fingerprint density at radius 3 is 2.75 bits per heavy atom. The lowest BCUT2D eigenvalue weighted by Gasteiger charge is -2.39. The molecule has 3 nitrogen and oxygen atoms in total. The third-order valence-corrected chi connectivity index (χ3v) is 4.90. The molecule has 0 aromatic heterocycles. The molecular formula is C17H24N2O. The maximum atomic E-state index is 13.0. The normalized spacial score (nSPS) is 29.9. The molecule has 1 amide bonds. The first-order valence-electron chi connectivity index (χ1n) is 7.85. The fraction of sp³-hybridized carbons (Fsp3) is 0.588. The number of benzene rings is 1. The van der Waals surface area contributed by atoms with Crippen LogP contribution in [0.2, 0.25) is 0 Å². The monoisotopic (exact) mass is 272 g/mol. The molecule has 1 aromatic carbocycles. The van der Waals surface area contributed by atoms with Crippen LogP contribution in [0.4, 0.5) is 5.69 Å². The quantitative estimate of drug-likeness (QED) is 0.854. The summed E-state index contributed by atoms with van der Waals surface area (Å²) >= 11 is 0.